The highest BCUT2D eigenvalue weighted by Gasteiger charge is 2.12. The number of carbonyl (C=O) groups is 1. The van der Waals surface area contributed by atoms with Gasteiger partial charge in [0.1, 0.15) is 5.82 Å². The first-order valence-electron chi connectivity index (χ1n) is 9.80. The average Bonchev–Trinajstić information content (AvgIpc) is 2.75. The van der Waals surface area contributed by atoms with Crippen molar-refractivity contribution in [2.24, 2.45) is 0 Å². The van der Waals surface area contributed by atoms with Crippen LogP contribution >= 0.6 is 0 Å². The topological polar surface area (TPSA) is 79.8 Å². The van der Waals surface area contributed by atoms with E-state index in [0.29, 0.717) is 11.6 Å². The number of hydrogen-bond donors (Lipinski definition) is 2. The van der Waals surface area contributed by atoms with Crippen LogP contribution in [0.5, 0.6) is 0 Å². The Morgan fingerprint density at radius 2 is 1.73 bits per heavy atom. The quantitative estimate of drug-likeness (QED) is 0.512. The van der Waals surface area contributed by atoms with Crippen LogP contribution in [0.15, 0.2) is 60.9 Å². The van der Waals surface area contributed by atoms with Crippen molar-refractivity contribution in [2.75, 3.05) is 17.2 Å². The number of nitrogens with zero attached hydrogens (tertiary/aromatic N) is 3. The molecule has 2 N–H and O–H groups in total. The lowest BCUT2D eigenvalue weighted by molar-refractivity contribution is -0.114. The highest BCUT2D eigenvalue weighted by molar-refractivity contribution is 5.97. The van der Waals surface area contributed by atoms with Gasteiger partial charge in [0.25, 0.3) is 0 Å². The highest BCUT2D eigenvalue weighted by Crippen LogP contribution is 2.25. The van der Waals surface area contributed by atoms with E-state index < -0.39 is 0 Å². The fraction of sp³-hybridized carbons (Fsp3) is 0.167. The lowest BCUT2D eigenvalue weighted by atomic mass is 10.1. The summed E-state index contributed by atoms with van der Waals surface area (Å²) in [4.78, 5) is 26.1. The number of aryl methyl sites for hydroxylation is 3. The molecule has 0 saturated carbocycles. The fourth-order valence-electron chi connectivity index (χ4n) is 3.56. The van der Waals surface area contributed by atoms with Gasteiger partial charge >= 0.3 is 0 Å². The Labute approximate surface area is 175 Å². The predicted molar refractivity (Wildman–Crippen MR) is 121 cm³/mol. The monoisotopic (exact) mass is 397 g/mol. The summed E-state index contributed by atoms with van der Waals surface area (Å²) in [5.74, 6) is 1.05. The van der Waals surface area contributed by atoms with Crippen LogP contribution in [0.1, 0.15) is 16.7 Å². The van der Waals surface area contributed by atoms with Crippen molar-refractivity contribution in [1.29, 1.82) is 0 Å². The number of carbonyl (C=O) groups excluding carboxylic acids is 1. The van der Waals surface area contributed by atoms with Gasteiger partial charge in [0.2, 0.25) is 5.91 Å². The van der Waals surface area contributed by atoms with Crippen molar-refractivity contribution in [3.05, 3.63) is 77.6 Å². The number of rotatable bonds is 5. The maximum absolute atomic E-state index is 12.6. The summed E-state index contributed by atoms with van der Waals surface area (Å²) in [7, 11) is 0. The van der Waals surface area contributed by atoms with E-state index in [4.69, 9.17) is 0 Å². The van der Waals surface area contributed by atoms with Crippen LogP contribution in [0, 0.1) is 20.8 Å². The molecule has 0 fully saturated rings. The number of benzene rings is 2. The smallest absolute Gasteiger partial charge is 0.243 e. The molecule has 0 unspecified atom stereocenters. The number of nitrogens with one attached hydrogen (secondary N) is 2. The van der Waals surface area contributed by atoms with Crippen molar-refractivity contribution >= 4 is 28.3 Å². The maximum atomic E-state index is 12.6. The van der Waals surface area contributed by atoms with Crippen LogP contribution in [-0.4, -0.2) is 27.4 Å². The summed E-state index contributed by atoms with van der Waals surface area (Å²) < 4.78 is 0. The minimum Gasteiger partial charge on any atom is -0.360 e. The van der Waals surface area contributed by atoms with Gasteiger partial charge in [-0.15, -0.1) is 0 Å². The largest absolute Gasteiger partial charge is 0.360 e. The van der Waals surface area contributed by atoms with Gasteiger partial charge in [0.15, 0.2) is 5.82 Å². The molecule has 0 saturated heterocycles. The third-order valence-corrected chi connectivity index (χ3v) is 4.88. The molecule has 6 nitrogen and oxygen atoms in total. The summed E-state index contributed by atoms with van der Waals surface area (Å²) >= 11 is 0. The van der Waals surface area contributed by atoms with E-state index in [9.17, 15) is 4.79 Å². The van der Waals surface area contributed by atoms with Crippen molar-refractivity contribution in [1.82, 2.24) is 15.0 Å². The minimum atomic E-state index is -0.129. The first-order chi connectivity index (χ1) is 14.5. The van der Waals surface area contributed by atoms with Crippen molar-refractivity contribution in [2.45, 2.75) is 20.8 Å². The lowest BCUT2D eigenvalue weighted by Crippen LogP contribution is -2.23. The molecule has 2 aromatic heterocycles. The highest BCUT2D eigenvalue weighted by atomic mass is 16.1. The molecule has 0 aliphatic carbocycles. The first-order valence-corrected chi connectivity index (χ1v) is 9.80. The molecule has 4 aromatic rings. The van der Waals surface area contributed by atoms with Gasteiger partial charge in [0.05, 0.1) is 12.1 Å². The number of anilines is 2. The van der Waals surface area contributed by atoms with E-state index in [1.165, 1.54) is 5.56 Å². The molecule has 0 spiro atoms. The predicted octanol–water partition coefficient (Wildman–Crippen LogP) is 4.67. The second-order valence-electron chi connectivity index (χ2n) is 7.33. The molecule has 2 heterocycles. The molecule has 4 rings (SSSR count). The zero-order chi connectivity index (χ0) is 21.1. The van der Waals surface area contributed by atoms with E-state index in [-0.39, 0.29) is 12.5 Å². The van der Waals surface area contributed by atoms with Gasteiger partial charge < -0.3 is 10.6 Å². The SMILES string of the molecule is Cc1cc(C)c(NC(=O)CNc2nc(-c3cccnc3)nc3ccccc23)c(C)c1. The number of pyridine rings is 1. The van der Waals surface area contributed by atoms with E-state index in [0.717, 1.165) is 33.3 Å². The summed E-state index contributed by atoms with van der Waals surface area (Å²) in [6.45, 7) is 6.15. The second kappa shape index (κ2) is 8.29. The molecule has 0 aliphatic heterocycles. The molecule has 0 bridgehead atoms. The van der Waals surface area contributed by atoms with Crippen molar-refractivity contribution in [3.63, 3.8) is 0 Å². The molecule has 0 atom stereocenters. The fourth-order valence-corrected chi connectivity index (χ4v) is 3.56. The van der Waals surface area contributed by atoms with Gasteiger partial charge in [0, 0.05) is 29.0 Å². The van der Waals surface area contributed by atoms with Crippen molar-refractivity contribution < 1.29 is 4.79 Å². The third kappa shape index (κ3) is 4.12. The molecule has 0 aliphatic rings. The van der Waals surface area contributed by atoms with Gasteiger partial charge in [-0.2, -0.15) is 0 Å². The summed E-state index contributed by atoms with van der Waals surface area (Å²) in [6, 6.07) is 15.6. The maximum Gasteiger partial charge on any atom is 0.243 e. The van der Waals surface area contributed by atoms with Crippen molar-refractivity contribution in [3.8, 4) is 11.4 Å². The Bertz CT molecular complexity index is 1200. The molecule has 150 valence electrons. The molecular formula is C24H23N5O. The number of amides is 1. The number of aromatic nitrogens is 3. The molecule has 1 amide bonds. The van der Waals surface area contributed by atoms with Crippen LogP contribution in [0.4, 0.5) is 11.5 Å². The first kappa shape index (κ1) is 19.5. The number of para-hydroxylation sites is 1. The van der Waals surface area contributed by atoms with Crippen LogP contribution < -0.4 is 10.6 Å². The molecule has 30 heavy (non-hydrogen) atoms. The zero-order valence-electron chi connectivity index (χ0n) is 17.2. The molecule has 6 heteroatoms. The van der Waals surface area contributed by atoms with Gasteiger partial charge in [-0.25, -0.2) is 9.97 Å². The van der Waals surface area contributed by atoms with Crippen LogP contribution in [-0.2, 0) is 4.79 Å². The Kier molecular flexibility index (Phi) is 5.39. The van der Waals surface area contributed by atoms with Crippen LogP contribution in [0.2, 0.25) is 0 Å². The Hall–Kier alpha value is -3.80. The Balaban J connectivity index is 1.59. The zero-order valence-corrected chi connectivity index (χ0v) is 17.2. The Morgan fingerprint density at radius 3 is 2.47 bits per heavy atom. The Morgan fingerprint density at radius 1 is 0.967 bits per heavy atom. The molecule has 0 radical (unpaired) electrons. The normalized spacial score (nSPS) is 10.8. The van der Waals surface area contributed by atoms with Crippen LogP contribution in [0.25, 0.3) is 22.3 Å². The molecule has 2 aromatic carbocycles. The summed E-state index contributed by atoms with van der Waals surface area (Å²) in [5, 5.41) is 7.06. The average molecular weight is 397 g/mol. The van der Waals surface area contributed by atoms with Crippen LogP contribution in [0.3, 0.4) is 0 Å². The lowest BCUT2D eigenvalue weighted by Gasteiger charge is -2.14. The third-order valence-electron chi connectivity index (χ3n) is 4.88. The molecular weight excluding hydrogens is 374 g/mol. The number of hydrogen-bond acceptors (Lipinski definition) is 5. The van der Waals surface area contributed by atoms with E-state index in [1.54, 1.807) is 12.4 Å². The van der Waals surface area contributed by atoms with E-state index in [2.05, 4.69) is 37.7 Å². The van der Waals surface area contributed by atoms with E-state index >= 15 is 0 Å². The van der Waals surface area contributed by atoms with Gasteiger partial charge in [-0.3, -0.25) is 9.78 Å². The number of fused-ring (bicyclic) bond motifs is 1. The standard InChI is InChI=1S/C24H23N5O/c1-15-11-16(2)22(17(3)12-15)28-21(30)14-26-24-19-8-4-5-9-20(19)27-23(29-24)18-7-6-10-25-13-18/h4-13H,14H2,1-3H3,(H,28,30)(H,26,27,29). The second-order valence-corrected chi connectivity index (χ2v) is 7.33. The minimum absolute atomic E-state index is 0.0975. The summed E-state index contributed by atoms with van der Waals surface area (Å²) in [6.07, 6.45) is 3.44. The van der Waals surface area contributed by atoms with Gasteiger partial charge in [-0.1, -0.05) is 29.8 Å². The van der Waals surface area contributed by atoms with E-state index in [1.807, 2.05) is 57.2 Å². The van der Waals surface area contributed by atoms with Gasteiger partial charge in [-0.05, 0) is 56.2 Å². The summed E-state index contributed by atoms with van der Waals surface area (Å²) in [5.41, 5.74) is 5.76.